The van der Waals surface area contributed by atoms with Crippen molar-refractivity contribution < 1.29 is 9.84 Å². The first-order chi connectivity index (χ1) is 10.2. The van der Waals surface area contributed by atoms with Gasteiger partial charge in [0.15, 0.2) is 0 Å². The Labute approximate surface area is 123 Å². The first kappa shape index (κ1) is 13.7. The number of benzene rings is 1. The van der Waals surface area contributed by atoms with Crippen molar-refractivity contribution in [3.63, 3.8) is 0 Å². The number of aliphatic hydroxyl groups excluding tert-OH is 1. The second kappa shape index (κ2) is 5.23. The van der Waals surface area contributed by atoms with E-state index in [0.717, 1.165) is 11.3 Å². The maximum atomic E-state index is 10.8. The van der Waals surface area contributed by atoms with Crippen molar-refractivity contribution in [2.75, 3.05) is 6.61 Å². The molecule has 2 unspecified atom stereocenters. The van der Waals surface area contributed by atoms with Crippen LogP contribution in [0.4, 0.5) is 0 Å². The van der Waals surface area contributed by atoms with Gasteiger partial charge in [0.2, 0.25) is 0 Å². The number of imidazole rings is 1. The molecule has 0 saturated carbocycles. The highest BCUT2D eigenvalue weighted by Crippen LogP contribution is 2.42. The number of hydrogen-bond acceptors (Lipinski definition) is 4. The molecule has 5 nitrogen and oxygen atoms in total. The van der Waals surface area contributed by atoms with E-state index in [4.69, 9.17) is 4.74 Å². The van der Waals surface area contributed by atoms with Crippen LogP contribution < -0.4 is 4.74 Å². The van der Waals surface area contributed by atoms with E-state index >= 15 is 0 Å². The largest absolute Gasteiger partial charge is 0.492 e. The van der Waals surface area contributed by atoms with Gasteiger partial charge in [-0.25, -0.2) is 4.98 Å². The predicted molar refractivity (Wildman–Crippen MR) is 76.5 cm³/mol. The fourth-order valence-corrected chi connectivity index (χ4v) is 2.80. The molecular formula is C16H17N3O2. The Bertz CT molecular complexity index is 689. The van der Waals surface area contributed by atoms with Crippen LogP contribution in [0.5, 0.6) is 5.75 Å². The number of nitrogens with zero attached hydrogens (tertiary/aromatic N) is 3. The van der Waals surface area contributed by atoms with E-state index in [-0.39, 0.29) is 6.61 Å². The van der Waals surface area contributed by atoms with Gasteiger partial charge in [-0.2, -0.15) is 5.26 Å². The topological polar surface area (TPSA) is 71.1 Å². The summed E-state index contributed by atoms with van der Waals surface area (Å²) < 4.78 is 7.56. The van der Waals surface area contributed by atoms with Gasteiger partial charge in [0.25, 0.3) is 0 Å². The minimum absolute atomic E-state index is 0.177. The van der Waals surface area contributed by atoms with Crippen molar-refractivity contribution in [2.45, 2.75) is 26.0 Å². The van der Waals surface area contributed by atoms with Crippen molar-refractivity contribution >= 4 is 0 Å². The molecule has 0 saturated heterocycles. The molecule has 2 heterocycles. The summed E-state index contributed by atoms with van der Waals surface area (Å²) in [5, 5.41) is 20.4. The van der Waals surface area contributed by atoms with Gasteiger partial charge in [0, 0.05) is 13.0 Å². The molecule has 3 rings (SSSR count). The second-order valence-electron chi connectivity index (χ2n) is 5.35. The lowest BCUT2D eigenvalue weighted by molar-refractivity contribution is 0.0123. The van der Waals surface area contributed by atoms with Crippen LogP contribution in [0.2, 0.25) is 0 Å². The zero-order valence-corrected chi connectivity index (χ0v) is 11.9. The molecule has 108 valence electrons. The Morgan fingerprint density at radius 2 is 2.33 bits per heavy atom. The molecule has 0 aliphatic carbocycles. The fourth-order valence-electron chi connectivity index (χ4n) is 2.80. The molecule has 0 bridgehead atoms. The first-order valence-electron chi connectivity index (χ1n) is 7.00. The average molecular weight is 283 g/mol. The Morgan fingerprint density at radius 1 is 1.52 bits per heavy atom. The van der Waals surface area contributed by atoms with Crippen molar-refractivity contribution in [3.05, 3.63) is 48.0 Å². The standard InChI is InChI=1S/C16H17N3O2/c1-2-19-11-18-8-13(19)15(20)16(9-17)7-12-5-3-4-6-14(12)21-10-16/h3-6,8,11,15,20H,2,7,10H2,1H3. The summed E-state index contributed by atoms with van der Waals surface area (Å²) in [5.41, 5.74) is 0.621. The normalized spacial score (nSPS) is 22.0. The maximum absolute atomic E-state index is 10.8. The van der Waals surface area contributed by atoms with Crippen molar-refractivity contribution in [1.29, 1.82) is 5.26 Å². The van der Waals surface area contributed by atoms with Crippen LogP contribution in [-0.2, 0) is 13.0 Å². The molecule has 0 amide bonds. The molecule has 0 spiro atoms. The monoisotopic (exact) mass is 283 g/mol. The van der Waals surface area contributed by atoms with E-state index in [1.807, 2.05) is 35.8 Å². The number of nitriles is 1. The summed E-state index contributed by atoms with van der Waals surface area (Å²) in [6.45, 7) is 2.85. The third kappa shape index (κ3) is 2.18. The number of para-hydroxylation sites is 1. The lowest BCUT2D eigenvalue weighted by Gasteiger charge is -2.36. The van der Waals surface area contributed by atoms with Gasteiger partial charge in [-0.15, -0.1) is 0 Å². The molecular weight excluding hydrogens is 266 g/mol. The van der Waals surface area contributed by atoms with Crippen molar-refractivity contribution in [1.82, 2.24) is 9.55 Å². The van der Waals surface area contributed by atoms with Gasteiger partial charge in [-0.3, -0.25) is 0 Å². The van der Waals surface area contributed by atoms with Crippen LogP contribution >= 0.6 is 0 Å². The number of aryl methyl sites for hydroxylation is 1. The molecule has 1 aliphatic heterocycles. The van der Waals surface area contributed by atoms with Gasteiger partial charge < -0.3 is 14.4 Å². The van der Waals surface area contributed by atoms with E-state index in [2.05, 4.69) is 11.1 Å². The van der Waals surface area contributed by atoms with Crippen molar-refractivity contribution in [2.24, 2.45) is 5.41 Å². The summed E-state index contributed by atoms with van der Waals surface area (Å²) in [6, 6.07) is 9.92. The summed E-state index contributed by atoms with van der Waals surface area (Å²) in [6.07, 6.45) is 2.82. The Balaban J connectivity index is 1.98. The molecule has 0 radical (unpaired) electrons. The van der Waals surface area contributed by atoms with E-state index in [1.165, 1.54) is 0 Å². The quantitative estimate of drug-likeness (QED) is 0.936. The van der Waals surface area contributed by atoms with Gasteiger partial charge in [-0.05, 0) is 18.6 Å². The zero-order valence-electron chi connectivity index (χ0n) is 11.9. The summed E-state index contributed by atoms with van der Waals surface area (Å²) >= 11 is 0. The summed E-state index contributed by atoms with van der Waals surface area (Å²) in [4.78, 5) is 4.07. The third-order valence-electron chi connectivity index (χ3n) is 4.08. The van der Waals surface area contributed by atoms with Crippen LogP contribution in [0.3, 0.4) is 0 Å². The molecule has 1 aromatic heterocycles. The van der Waals surface area contributed by atoms with Crippen LogP contribution in [0.1, 0.15) is 24.3 Å². The van der Waals surface area contributed by atoms with E-state index < -0.39 is 11.5 Å². The van der Waals surface area contributed by atoms with Crippen LogP contribution in [0.25, 0.3) is 0 Å². The van der Waals surface area contributed by atoms with Crippen LogP contribution in [0.15, 0.2) is 36.8 Å². The van der Waals surface area contributed by atoms with Crippen molar-refractivity contribution in [3.8, 4) is 11.8 Å². The van der Waals surface area contributed by atoms with Gasteiger partial charge in [0.1, 0.15) is 23.9 Å². The Hall–Kier alpha value is -2.32. The molecule has 1 N–H and O–H groups in total. The first-order valence-corrected chi connectivity index (χ1v) is 7.00. The van der Waals surface area contributed by atoms with Gasteiger partial charge in [0.05, 0.1) is 24.3 Å². The molecule has 5 heteroatoms. The lowest BCUT2D eigenvalue weighted by atomic mass is 9.76. The number of aliphatic hydroxyl groups is 1. The molecule has 21 heavy (non-hydrogen) atoms. The molecule has 2 atom stereocenters. The number of hydrogen-bond donors (Lipinski definition) is 1. The average Bonchev–Trinajstić information content (AvgIpc) is 3.02. The smallest absolute Gasteiger partial charge is 0.127 e. The summed E-state index contributed by atoms with van der Waals surface area (Å²) in [7, 11) is 0. The Morgan fingerprint density at radius 3 is 3.10 bits per heavy atom. The molecule has 2 aromatic rings. The zero-order chi connectivity index (χ0) is 14.9. The SMILES string of the molecule is CCn1cncc1C(O)C1(C#N)COc2ccccc2C1. The number of fused-ring (bicyclic) bond motifs is 1. The third-order valence-corrected chi connectivity index (χ3v) is 4.08. The minimum Gasteiger partial charge on any atom is -0.492 e. The highest BCUT2D eigenvalue weighted by Gasteiger charge is 2.44. The predicted octanol–water partition coefficient (Wildman–Crippen LogP) is 2.08. The fraction of sp³-hybridized carbons (Fsp3) is 0.375. The van der Waals surface area contributed by atoms with Crippen LogP contribution in [0, 0.1) is 16.7 Å². The second-order valence-corrected chi connectivity index (χ2v) is 5.35. The highest BCUT2D eigenvalue weighted by atomic mass is 16.5. The highest BCUT2D eigenvalue weighted by molar-refractivity contribution is 5.38. The van der Waals surface area contributed by atoms with E-state index in [1.54, 1.807) is 12.5 Å². The Kier molecular flexibility index (Phi) is 3.40. The summed E-state index contributed by atoms with van der Waals surface area (Å²) in [5.74, 6) is 0.791. The number of aromatic nitrogens is 2. The molecule has 0 fully saturated rings. The molecule has 1 aliphatic rings. The van der Waals surface area contributed by atoms with Gasteiger partial charge >= 0.3 is 0 Å². The van der Waals surface area contributed by atoms with Crippen LogP contribution in [-0.4, -0.2) is 21.3 Å². The number of rotatable bonds is 3. The lowest BCUT2D eigenvalue weighted by Crippen LogP contribution is -2.39. The number of ether oxygens (including phenoxy) is 1. The minimum atomic E-state index is -0.985. The maximum Gasteiger partial charge on any atom is 0.127 e. The van der Waals surface area contributed by atoms with E-state index in [0.29, 0.717) is 18.7 Å². The van der Waals surface area contributed by atoms with E-state index in [9.17, 15) is 10.4 Å². The van der Waals surface area contributed by atoms with Gasteiger partial charge in [-0.1, -0.05) is 18.2 Å². The molecule has 1 aromatic carbocycles.